The van der Waals surface area contributed by atoms with Gasteiger partial charge in [-0.05, 0) is 18.6 Å². The Morgan fingerprint density at radius 3 is 2.73 bits per heavy atom. The van der Waals surface area contributed by atoms with Crippen molar-refractivity contribution in [2.24, 2.45) is 0 Å². The van der Waals surface area contributed by atoms with Crippen LogP contribution in [-0.4, -0.2) is 31.8 Å². The molecule has 2 aromatic rings. The molecule has 0 bridgehead atoms. The second-order valence-electron chi connectivity index (χ2n) is 5.44. The third-order valence-corrected chi connectivity index (χ3v) is 4.01. The molecular formula is C17H21N3O2. The summed E-state index contributed by atoms with van der Waals surface area (Å²) in [5, 5.41) is 3.46. The molecule has 116 valence electrons. The molecule has 0 aliphatic carbocycles. The molecule has 1 aliphatic rings. The summed E-state index contributed by atoms with van der Waals surface area (Å²) in [4.78, 5) is 6.57. The number of rotatable bonds is 4. The summed E-state index contributed by atoms with van der Waals surface area (Å²) in [5.74, 6) is 1.48. The number of fused-ring (bicyclic) bond motifs is 1. The van der Waals surface area contributed by atoms with E-state index in [1.807, 2.05) is 24.4 Å². The number of methoxy groups -OCH3 is 2. The van der Waals surface area contributed by atoms with Gasteiger partial charge >= 0.3 is 0 Å². The molecule has 5 heteroatoms. The number of ether oxygens (including phenoxy) is 2. The second kappa shape index (κ2) is 6.13. The molecule has 2 heterocycles. The van der Waals surface area contributed by atoms with Crippen molar-refractivity contribution >= 4 is 11.4 Å². The van der Waals surface area contributed by atoms with E-state index in [0.29, 0.717) is 6.04 Å². The summed E-state index contributed by atoms with van der Waals surface area (Å²) in [6, 6.07) is 8.48. The molecule has 3 rings (SSSR count). The average Bonchev–Trinajstić information content (AvgIpc) is 2.57. The van der Waals surface area contributed by atoms with Crippen molar-refractivity contribution in [1.29, 1.82) is 0 Å². The molecular weight excluding hydrogens is 278 g/mol. The molecule has 1 unspecified atom stereocenters. The Hall–Kier alpha value is -2.43. The molecule has 1 atom stereocenters. The van der Waals surface area contributed by atoms with E-state index in [0.717, 1.165) is 36.0 Å². The van der Waals surface area contributed by atoms with Crippen molar-refractivity contribution in [3.8, 4) is 11.5 Å². The maximum absolute atomic E-state index is 5.44. The molecule has 22 heavy (non-hydrogen) atoms. The van der Waals surface area contributed by atoms with Crippen molar-refractivity contribution in [1.82, 2.24) is 4.98 Å². The van der Waals surface area contributed by atoms with Gasteiger partial charge in [0.05, 0.1) is 25.6 Å². The highest BCUT2D eigenvalue weighted by atomic mass is 16.5. The Balaban J connectivity index is 1.98. The van der Waals surface area contributed by atoms with Crippen LogP contribution in [0.5, 0.6) is 11.5 Å². The maximum atomic E-state index is 5.44. The number of aromatic nitrogens is 1. The predicted molar refractivity (Wildman–Crippen MR) is 87.9 cm³/mol. The van der Waals surface area contributed by atoms with Crippen LogP contribution in [-0.2, 0) is 6.54 Å². The lowest BCUT2D eigenvalue weighted by molar-refractivity contribution is 0.355. The van der Waals surface area contributed by atoms with Gasteiger partial charge < -0.3 is 19.7 Å². The van der Waals surface area contributed by atoms with Crippen LogP contribution < -0.4 is 19.7 Å². The average molecular weight is 299 g/mol. The number of benzene rings is 1. The van der Waals surface area contributed by atoms with Gasteiger partial charge in [0.25, 0.3) is 0 Å². The summed E-state index contributed by atoms with van der Waals surface area (Å²) < 4.78 is 10.8. The Kier molecular flexibility index (Phi) is 4.04. The molecule has 0 saturated carbocycles. The summed E-state index contributed by atoms with van der Waals surface area (Å²) in [5.41, 5.74) is 3.39. The molecule has 1 aromatic carbocycles. The first-order chi connectivity index (χ1) is 10.7. The van der Waals surface area contributed by atoms with Gasteiger partial charge in [0.15, 0.2) is 11.5 Å². The van der Waals surface area contributed by atoms with Crippen LogP contribution in [0.2, 0.25) is 0 Å². The Labute approximate surface area is 130 Å². The van der Waals surface area contributed by atoms with Crippen molar-refractivity contribution in [3.05, 3.63) is 42.2 Å². The zero-order chi connectivity index (χ0) is 15.5. The molecule has 0 radical (unpaired) electrons. The zero-order valence-electron chi connectivity index (χ0n) is 13.2. The molecule has 1 N–H and O–H groups in total. The highest BCUT2D eigenvalue weighted by Gasteiger charge is 2.25. The number of hydrogen-bond acceptors (Lipinski definition) is 5. The first kappa shape index (κ1) is 14.5. The quantitative estimate of drug-likeness (QED) is 0.940. The highest BCUT2D eigenvalue weighted by Crippen LogP contribution is 2.41. The maximum Gasteiger partial charge on any atom is 0.162 e. The molecule has 0 amide bonds. The monoisotopic (exact) mass is 299 g/mol. The fourth-order valence-corrected chi connectivity index (χ4v) is 2.78. The minimum atomic E-state index is 0.380. The third-order valence-electron chi connectivity index (χ3n) is 4.01. The van der Waals surface area contributed by atoms with Crippen molar-refractivity contribution in [2.45, 2.75) is 19.5 Å². The second-order valence-corrected chi connectivity index (χ2v) is 5.44. The molecule has 5 nitrogen and oxygen atoms in total. The lowest BCUT2D eigenvalue weighted by atomic mass is 10.1. The van der Waals surface area contributed by atoms with Crippen LogP contribution in [0.4, 0.5) is 11.4 Å². The van der Waals surface area contributed by atoms with Crippen molar-refractivity contribution < 1.29 is 9.47 Å². The summed E-state index contributed by atoms with van der Waals surface area (Å²) in [7, 11) is 3.32. The predicted octanol–water partition coefficient (Wildman–Crippen LogP) is 2.92. The summed E-state index contributed by atoms with van der Waals surface area (Å²) >= 11 is 0. The summed E-state index contributed by atoms with van der Waals surface area (Å²) in [6.07, 6.45) is 3.71. The molecule has 0 saturated heterocycles. The number of hydrogen-bond donors (Lipinski definition) is 1. The normalized spacial score (nSPS) is 16.7. The Morgan fingerprint density at radius 2 is 2.05 bits per heavy atom. The zero-order valence-corrected chi connectivity index (χ0v) is 13.2. The fraction of sp³-hybridized carbons (Fsp3) is 0.353. The molecule has 0 spiro atoms. The van der Waals surface area contributed by atoms with Gasteiger partial charge in [0.1, 0.15) is 0 Å². The summed E-state index contributed by atoms with van der Waals surface area (Å²) in [6.45, 7) is 3.92. The number of nitrogens with zero attached hydrogens (tertiary/aromatic N) is 2. The van der Waals surface area contributed by atoms with Gasteiger partial charge in [-0.25, -0.2) is 0 Å². The lowest BCUT2D eigenvalue weighted by Crippen LogP contribution is -2.41. The lowest BCUT2D eigenvalue weighted by Gasteiger charge is -2.38. The smallest absolute Gasteiger partial charge is 0.162 e. The van der Waals surface area contributed by atoms with E-state index in [1.54, 1.807) is 20.4 Å². The molecule has 0 fully saturated rings. The van der Waals surface area contributed by atoms with Crippen molar-refractivity contribution in [3.63, 3.8) is 0 Å². The van der Waals surface area contributed by atoms with Crippen molar-refractivity contribution in [2.75, 3.05) is 31.0 Å². The van der Waals surface area contributed by atoms with E-state index in [2.05, 4.69) is 28.2 Å². The fourth-order valence-electron chi connectivity index (χ4n) is 2.78. The van der Waals surface area contributed by atoms with Gasteiger partial charge in [0, 0.05) is 43.7 Å². The van der Waals surface area contributed by atoms with Gasteiger partial charge in [-0.1, -0.05) is 6.07 Å². The number of anilines is 2. The van der Waals surface area contributed by atoms with E-state index in [4.69, 9.17) is 9.47 Å². The highest BCUT2D eigenvalue weighted by molar-refractivity contribution is 5.77. The topological polar surface area (TPSA) is 46.6 Å². The first-order valence-corrected chi connectivity index (χ1v) is 7.38. The molecule has 1 aromatic heterocycles. The van der Waals surface area contributed by atoms with Crippen LogP contribution in [0.25, 0.3) is 0 Å². The number of pyridine rings is 1. The SMILES string of the molecule is COc1cc2c(cc1OC)N(Cc1cccnc1)C(C)CN2. The van der Waals surface area contributed by atoms with Crippen LogP contribution in [0.3, 0.4) is 0 Å². The van der Waals surface area contributed by atoms with Gasteiger partial charge in [-0.2, -0.15) is 0 Å². The van der Waals surface area contributed by atoms with Crippen LogP contribution in [0.1, 0.15) is 12.5 Å². The van der Waals surface area contributed by atoms with Gasteiger partial charge in [-0.15, -0.1) is 0 Å². The third kappa shape index (κ3) is 2.66. The minimum absolute atomic E-state index is 0.380. The largest absolute Gasteiger partial charge is 0.493 e. The van der Waals surface area contributed by atoms with Crippen LogP contribution >= 0.6 is 0 Å². The minimum Gasteiger partial charge on any atom is -0.493 e. The van der Waals surface area contributed by atoms with Crippen LogP contribution in [0.15, 0.2) is 36.7 Å². The van der Waals surface area contributed by atoms with E-state index < -0.39 is 0 Å². The van der Waals surface area contributed by atoms with E-state index in [-0.39, 0.29) is 0 Å². The van der Waals surface area contributed by atoms with E-state index >= 15 is 0 Å². The number of nitrogens with one attached hydrogen (secondary N) is 1. The van der Waals surface area contributed by atoms with E-state index in [1.165, 1.54) is 5.56 Å². The Bertz CT molecular complexity index is 646. The molecule has 1 aliphatic heterocycles. The van der Waals surface area contributed by atoms with Crippen LogP contribution in [0, 0.1) is 0 Å². The van der Waals surface area contributed by atoms with E-state index in [9.17, 15) is 0 Å². The van der Waals surface area contributed by atoms with Gasteiger partial charge in [0.2, 0.25) is 0 Å². The Morgan fingerprint density at radius 1 is 1.27 bits per heavy atom. The standard InChI is InChI=1S/C17H21N3O2/c1-12-9-19-14-7-16(21-2)17(22-3)8-15(14)20(12)11-13-5-4-6-18-10-13/h4-8,10,12,19H,9,11H2,1-3H3. The van der Waals surface area contributed by atoms with Gasteiger partial charge in [-0.3, -0.25) is 4.98 Å². The first-order valence-electron chi connectivity index (χ1n) is 7.38.